The zero-order valence-electron chi connectivity index (χ0n) is 16.1. The van der Waals surface area contributed by atoms with E-state index >= 15 is 0 Å². The Morgan fingerprint density at radius 2 is 1.94 bits per heavy atom. The Balaban J connectivity index is 1.34. The normalized spacial score (nSPS) is 15.0. The minimum atomic E-state index is -0.432. The largest absolute Gasteiger partial charge is 0.349 e. The van der Waals surface area contributed by atoms with Crippen molar-refractivity contribution in [1.29, 1.82) is 0 Å². The van der Waals surface area contributed by atoms with Gasteiger partial charge in [-0.25, -0.2) is 0 Å². The molecule has 1 fully saturated rings. The highest BCUT2D eigenvalue weighted by Crippen LogP contribution is 2.32. The summed E-state index contributed by atoms with van der Waals surface area (Å²) in [5.41, 5.74) is 1.69. The second-order valence-corrected chi connectivity index (χ2v) is 8.41. The van der Waals surface area contributed by atoms with Gasteiger partial charge in [-0.05, 0) is 47.7 Å². The second kappa shape index (κ2) is 9.27. The summed E-state index contributed by atoms with van der Waals surface area (Å²) in [5.74, 6) is -0.807. The molecule has 31 heavy (non-hydrogen) atoms. The van der Waals surface area contributed by atoms with Gasteiger partial charge in [0.25, 0.3) is 17.1 Å². The zero-order chi connectivity index (χ0) is 21.8. The molecule has 1 saturated heterocycles. The van der Waals surface area contributed by atoms with Crippen molar-refractivity contribution in [3.63, 3.8) is 0 Å². The van der Waals surface area contributed by atoms with Crippen LogP contribution in [0, 0.1) is 0 Å². The Morgan fingerprint density at radius 3 is 2.71 bits per heavy atom. The van der Waals surface area contributed by atoms with Gasteiger partial charge in [0.05, 0.1) is 16.8 Å². The van der Waals surface area contributed by atoms with E-state index in [1.165, 1.54) is 11.0 Å². The second-order valence-electron chi connectivity index (χ2n) is 6.50. The monoisotopic (exact) mass is 497 g/mol. The molecule has 0 saturated carbocycles. The van der Waals surface area contributed by atoms with E-state index in [0.29, 0.717) is 4.91 Å². The van der Waals surface area contributed by atoms with Gasteiger partial charge >= 0.3 is 0 Å². The third kappa shape index (κ3) is 4.92. The van der Waals surface area contributed by atoms with E-state index in [1.807, 2.05) is 54.6 Å². The van der Waals surface area contributed by atoms with E-state index < -0.39 is 5.91 Å². The van der Waals surface area contributed by atoms with Crippen molar-refractivity contribution in [3.8, 4) is 5.69 Å². The van der Waals surface area contributed by atoms with Crippen LogP contribution in [0.5, 0.6) is 0 Å². The summed E-state index contributed by atoms with van der Waals surface area (Å²) in [5, 5.41) is 10.5. The van der Waals surface area contributed by atoms with E-state index in [1.54, 1.807) is 6.08 Å². The smallest absolute Gasteiger partial charge is 0.293 e. The first kappa shape index (κ1) is 21.0. The molecule has 8 nitrogen and oxygen atoms in total. The molecule has 0 atom stereocenters. The zero-order valence-corrected chi connectivity index (χ0v) is 18.5. The number of rotatable bonds is 6. The first-order chi connectivity index (χ1) is 15.0. The number of carbonyl (C=O) groups excluding carboxylic acids is 3. The molecule has 156 valence electrons. The Morgan fingerprint density at radius 1 is 1.13 bits per heavy atom. The van der Waals surface area contributed by atoms with Crippen LogP contribution in [-0.2, 0) is 4.79 Å². The average Bonchev–Trinajstić information content (AvgIpc) is 3.35. The minimum Gasteiger partial charge on any atom is -0.349 e. The molecular weight excluding hydrogens is 482 g/mol. The summed E-state index contributed by atoms with van der Waals surface area (Å²) in [4.78, 5) is 40.0. The number of nitrogens with zero attached hydrogens (tertiary/aromatic N) is 4. The highest BCUT2D eigenvalue weighted by molar-refractivity contribution is 9.10. The standard InChI is InChI=1S/C21H16BrN5O3S/c22-15-6-4-5-14(11-15)12-18-20(29)26(21(30)31-18)10-9-23-19(28)17-13-24-27(25-17)16-7-2-1-3-8-16/h1-8,11-13H,9-10H2,(H,23,28)/b18-12-. The predicted molar refractivity (Wildman–Crippen MR) is 121 cm³/mol. The first-order valence-electron chi connectivity index (χ1n) is 9.28. The SMILES string of the molecule is O=C(NCCN1C(=O)S/C(=C\c2cccc(Br)c2)C1=O)c1cnn(-c2ccccc2)n1. The lowest BCUT2D eigenvalue weighted by Crippen LogP contribution is -2.37. The minimum absolute atomic E-state index is 0.0685. The van der Waals surface area contributed by atoms with Crippen molar-refractivity contribution in [1.82, 2.24) is 25.2 Å². The number of nitrogens with one attached hydrogen (secondary N) is 1. The van der Waals surface area contributed by atoms with Gasteiger partial charge in [-0.15, -0.1) is 5.10 Å². The lowest BCUT2D eigenvalue weighted by Gasteiger charge is -2.12. The molecule has 10 heteroatoms. The molecule has 3 amide bonds. The van der Waals surface area contributed by atoms with Gasteiger partial charge in [0, 0.05) is 17.6 Å². The molecule has 2 heterocycles. The number of benzene rings is 2. The number of thioether (sulfide) groups is 1. The van der Waals surface area contributed by atoms with Crippen molar-refractivity contribution >= 4 is 50.8 Å². The van der Waals surface area contributed by atoms with Gasteiger partial charge < -0.3 is 5.32 Å². The van der Waals surface area contributed by atoms with Crippen LogP contribution in [-0.4, -0.2) is 50.0 Å². The van der Waals surface area contributed by atoms with Crippen LogP contribution >= 0.6 is 27.7 Å². The van der Waals surface area contributed by atoms with Crippen LogP contribution < -0.4 is 5.32 Å². The molecule has 0 unspecified atom stereocenters. The van der Waals surface area contributed by atoms with Gasteiger partial charge in [0.2, 0.25) is 0 Å². The highest BCUT2D eigenvalue weighted by Gasteiger charge is 2.34. The average molecular weight is 498 g/mol. The highest BCUT2D eigenvalue weighted by atomic mass is 79.9. The number of amides is 3. The number of aromatic nitrogens is 3. The molecule has 3 aromatic rings. The first-order valence-corrected chi connectivity index (χ1v) is 10.9. The van der Waals surface area contributed by atoms with E-state index in [2.05, 4.69) is 31.4 Å². The molecule has 1 aromatic heterocycles. The van der Waals surface area contributed by atoms with Gasteiger partial charge in [-0.2, -0.15) is 9.90 Å². The lowest BCUT2D eigenvalue weighted by atomic mass is 10.2. The Labute approximate surface area is 190 Å². The van der Waals surface area contributed by atoms with Gasteiger partial charge in [-0.1, -0.05) is 46.3 Å². The molecule has 0 aliphatic carbocycles. The van der Waals surface area contributed by atoms with Crippen molar-refractivity contribution in [3.05, 3.63) is 81.4 Å². The third-order valence-corrected chi connectivity index (χ3v) is 5.75. The van der Waals surface area contributed by atoms with Crippen LogP contribution in [0.1, 0.15) is 16.1 Å². The van der Waals surface area contributed by atoms with Crippen molar-refractivity contribution in [2.45, 2.75) is 0 Å². The lowest BCUT2D eigenvalue weighted by molar-refractivity contribution is -0.122. The van der Waals surface area contributed by atoms with E-state index in [-0.39, 0.29) is 29.9 Å². The number of para-hydroxylation sites is 1. The summed E-state index contributed by atoms with van der Waals surface area (Å²) in [6, 6.07) is 16.7. The molecular formula is C21H16BrN5O3S. The number of hydrogen-bond acceptors (Lipinski definition) is 6. The van der Waals surface area contributed by atoms with Crippen LogP contribution in [0.25, 0.3) is 11.8 Å². The van der Waals surface area contributed by atoms with E-state index in [4.69, 9.17) is 0 Å². The molecule has 2 aromatic carbocycles. The maximum Gasteiger partial charge on any atom is 0.293 e. The summed E-state index contributed by atoms with van der Waals surface area (Å²) in [6.07, 6.45) is 3.04. The quantitative estimate of drug-likeness (QED) is 0.523. The fourth-order valence-electron chi connectivity index (χ4n) is 2.87. The summed E-state index contributed by atoms with van der Waals surface area (Å²) < 4.78 is 0.882. The Kier molecular flexibility index (Phi) is 6.28. The van der Waals surface area contributed by atoms with Crippen LogP contribution in [0.15, 0.2) is 70.2 Å². The van der Waals surface area contributed by atoms with Gasteiger partial charge in [0.15, 0.2) is 5.69 Å². The molecule has 0 bridgehead atoms. The topological polar surface area (TPSA) is 97.2 Å². The summed E-state index contributed by atoms with van der Waals surface area (Å²) >= 11 is 4.27. The molecule has 4 rings (SSSR count). The molecule has 1 N–H and O–H groups in total. The van der Waals surface area contributed by atoms with Gasteiger partial charge in [0.1, 0.15) is 0 Å². The maximum atomic E-state index is 12.6. The molecule has 0 spiro atoms. The number of imide groups is 1. The maximum absolute atomic E-state index is 12.6. The van der Waals surface area contributed by atoms with Gasteiger partial charge in [-0.3, -0.25) is 19.3 Å². The van der Waals surface area contributed by atoms with Crippen molar-refractivity contribution < 1.29 is 14.4 Å². The van der Waals surface area contributed by atoms with Crippen LogP contribution in [0.2, 0.25) is 0 Å². The third-order valence-electron chi connectivity index (χ3n) is 4.35. The van der Waals surface area contributed by atoms with Crippen molar-refractivity contribution in [2.24, 2.45) is 0 Å². The Hall–Kier alpha value is -3.24. The summed E-state index contributed by atoms with van der Waals surface area (Å²) in [7, 11) is 0. The Bertz CT molecular complexity index is 1180. The van der Waals surface area contributed by atoms with E-state index in [0.717, 1.165) is 32.4 Å². The number of carbonyl (C=O) groups is 3. The molecule has 1 aliphatic rings. The van der Waals surface area contributed by atoms with Crippen LogP contribution in [0.3, 0.4) is 0 Å². The molecule has 0 radical (unpaired) electrons. The fraction of sp³-hybridized carbons (Fsp3) is 0.0952. The van der Waals surface area contributed by atoms with E-state index in [9.17, 15) is 14.4 Å². The predicted octanol–water partition coefficient (Wildman–Crippen LogP) is 3.50. The molecule has 1 aliphatic heterocycles. The van der Waals surface area contributed by atoms with Crippen LogP contribution in [0.4, 0.5) is 4.79 Å². The summed E-state index contributed by atoms with van der Waals surface area (Å²) in [6.45, 7) is 0.179. The van der Waals surface area contributed by atoms with Crippen molar-refractivity contribution in [2.75, 3.05) is 13.1 Å². The number of hydrogen-bond donors (Lipinski definition) is 1. The number of halogens is 1. The fourth-order valence-corrected chi connectivity index (χ4v) is 4.15.